The fourth-order valence-corrected chi connectivity index (χ4v) is 6.07. The highest BCUT2D eigenvalue weighted by molar-refractivity contribution is 7.92. The van der Waals surface area contributed by atoms with Crippen molar-refractivity contribution in [3.05, 3.63) is 93.4 Å². The third-order valence-corrected chi connectivity index (χ3v) is 8.56. The van der Waals surface area contributed by atoms with Crippen LogP contribution in [0.15, 0.2) is 77.7 Å². The van der Waals surface area contributed by atoms with Crippen LogP contribution in [0, 0.1) is 0 Å². The quantitative estimate of drug-likeness (QED) is 0.304. The van der Waals surface area contributed by atoms with E-state index in [9.17, 15) is 18.0 Å². The molecule has 0 aliphatic carbocycles. The average molecular weight is 597 g/mol. The molecule has 7 nitrogen and oxygen atoms in total. The van der Waals surface area contributed by atoms with Gasteiger partial charge in [0.1, 0.15) is 12.6 Å². The zero-order valence-electron chi connectivity index (χ0n) is 20.9. The summed E-state index contributed by atoms with van der Waals surface area (Å²) in [5, 5.41) is 3.70. The molecule has 3 aromatic rings. The van der Waals surface area contributed by atoms with Crippen LogP contribution in [0.4, 0.5) is 5.69 Å². The van der Waals surface area contributed by atoms with Gasteiger partial charge in [-0.2, -0.15) is 0 Å². The molecule has 202 valence electrons. The van der Waals surface area contributed by atoms with E-state index in [-0.39, 0.29) is 29.5 Å². The Hall–Kier alpha value is -2.78. The van der Waals surface area contributed by atoms with Crippen LogP contribution in [0.25, 0.3) is 0 Å². The van der Waals surface area contributed by atoms with Gasteiger partial charge in [-0.05, 0) is 55.8 Å². The molecule has 38 heavy (non-hydrogen) atoms. The van der Waals surface area contributed by atoms with Crippen molar-refractivity contribution in [2.75, 3.05) is 17.4 Å². The van der Waals surface area contributed by atoms with E-state index in [1.807, 2.05) is 0 Å². The Bertz CT molecular complexity index is 1370. The summed E-state index contributed by atoms with van der Waals surface area (Å²) in [6.07, 6.45) is 0.280. The van der Waals surface area contributed by atoms with E-state index in [2.05, 4.69) is 5.32 Å². The largest absolute Gasteiger partial charge is 0.355 e. The lowest BCUT2D eigenvalue weighted by Gasteiger charge is -2.33. The van der Waals surface area contributed by atoms with Gasteiger partial charge in [-0.1, -0.05) is 72.1 Å². The molecule has 11 heteroatoms. The van der Waals surface area contributed by atoms with Gasteiger partial charge in [0.05, 0.1) is 10.6 Å². The molecule has 1 N–H and O–H groups in total. The van der Waals surface area contributed by atoms with Gasteiger partial charge in [0.25, 0.3) is 10.0 Å². The van der Waals surface area contributed by atoms with Crippen molar-refractivity contribution in [2.24, 2.45) is 0 Å². The summed E-state index contributed by atoms with van der Waals surface area (Å²) in [5.41, 5.74) is 0.656. The van der Waals surface area contributed by atoms with Gasteiger partial charge in [-0.25, -0.2) is 8.42 Å². The van der Waals surface area contributed by atoms with Crippen molar-refractivity contribution in [3.8, 4) is 0 Å². The van der Waals surface area contributed by atoms with Crippen LogP contribution in [0.1, 0.15) is 25.8 Å². The summed E-state index contributed by atoms with van der Waals surface area (Å²) in [6, 6.07) is 18.1. The summed E-state index contributed by atoms with van der Waals surface area (Å²) in [6.45, 7) is 3.22. The Labute approximate surface area is 238 Å². The lowest BCUT2D eigenvalue weighted by Crippen LogP contribution is -2.52. The molecule has 0 saturated heterocycles. The number of amides is 2. The molecule has 1 unspecified atom stereocenters. The minimum Gasteiger partial charge on any atom is -0.355 e. The lowest BCUT2D eigenvalue weighted by atomic mass is 10.1. The molecule has 1 atom stereocenters. The second-order valence-corrected chi connectivity index (χ2v) is 11.5. The number of anilines is 1. The molecule has 0 radical (unpaired) electrons. The Morgan fingerprint density at radius 3 is 2.11 bits per heavy atom. The first-order chi connectivity index (χ1) is 18.1. The molecular weight excluding hydrogens is 569 g/mol. The molecule has 0 aliphatic rings. The normalized spacial score (nSPS) is 12.0. The minimum absolute atomic E-state index is 0.00393. The number of benzene rings is 3. The minimum atomic E-state index is -4.18. The first-order valence-electron chi connectivity index (χ1n) is 11.9. The van der Waals surface area contributed by atoms with Crippen molar-refractivity contribution in [2.45, 2.75) is 37.8 Å². The maximum Gasteiger partial charge on any atom is 0.264 e. The summed E-state index contributed by atoms with van der Waals surface area (Å²) in [4.78, 5) is 28.2. The highest BCUT2D eigenvalue weighted by Crippen LogP contribution is 2.29. The zero-order chi connectivity index (χ0) is 27.9. The second-order valence-electron chi connectivity index (χ2n) is 8.35. The van der Waals surface area contributed by atoms with E-state index >= 15 is 0 Å². The highest BCUT2D eigenvalue weighted by Gasteiger charge is 2.34. The predicted octanol–water partition coefficient (Wildman–Crippen LogP) is 5.79. The van der Waals surface area contributed by atoms with Gasteiger partial charge in [0.15, 0.2) is 0 Å². The van der Waals surface area contributed by atoms with Crippen molar-refractivity contribution < 1.29 is 18.0 Å². The van der Waals surface area contributed by atoms with Crippen LogP contribution in [0.2, 0.25) is 15.1 Å². The molecule has 3 aromatic carbocycles. The molecule has 0 aliphatic heterocycles. The summed E-state index contributed by atoms with van der Waals surface area (Å²) in [5.74, 6) is -0.981. The van der Waals surface area contributed by atoms with Crippen LogP contribution in [0.3, 0.4) is 0 Å². The molecular formula is C27H28Cl3N3O4S. The standard InChI is InChI=1S/C27H28Cl3N3O4S/c1-3-25(27(35)31-4-2)32(17-22-23(29)14-9-15-24(22)30)26(34)18-33(20-11-8-10-19(28)16-20)38(36,37)21-12-6-5-7-13-21/h5-16,25H,3-4,17-18H2,1-2H3,(H,31,35). The van der Waals surface area contributed by atoms with Crippen molar-refractivity contribution >= 4 is 62.3 Å². The summed E-state index contributed by atoms with van der Waals surface area (Å²) in [7, 11) is -4.18. The third-order valence-electron chi connectivity index (χ3n) is 5.83. The topological polar surface area (TPSA) is 86.8 Å². The maximum absolute atomic E-state index is 13.9. The number of likely N-dealkylation sites (N-methyl/N-ethyl adjacent to an activating group) is 1. The molecule has 2 amide bonds. The Morgan fingerprint density at radius 1 is 0.895 bits per heavy atom. The fourth-order valence-electron chi connectivity index (χ4n) is 3.94. The molecule has 0 heterocycles. The number of carbonyl (C=O) groups excluding carboxylic acids is 2. The van der Waals surface area contributed by atoms with Gasteiger partial charge in [-0.3, -0.25) is 13.9 Å². The van der Waals surface area contributed by atoms with E-state index in [1.165, 1.54) is 23.1 Å². The molecule has 0 saturated carbocycles. The van der Waals surface area contributed by atoms with Gasteiger partial charge in [0, 0.05) is 33.7 Å². The van der Waals surface area contributed by atoms with Gasteiger partial charge in [-0.15, -0.1) is 0 Å². The van der Waals surface area contributed by atoms with Crippen molar-refractivity contribution in [1.82, 2.24) is 10.2 Å². The number of carbonyl (C=O) groups is 2. The SMILES string of the molecule is CCNC(=O)C(CC)N(Cc1c(Cl)cccc1Cl)C(=O)CN(c1cccc(Cl)c1)S(=O)(=O)c1ccccc1. The van der Waals surface area contributed by atoms with E-state index in [4.69, 9.17) is 34.8 Å². The number of hydrogen-bond acceptors (Lipinski definition) is 4. The number of sulfonamides is 1. The Morgan fingerprint density at radius 2 is 1.53 bits per heavy atom. The van der Waals surface area contributed by atoms with Crippen LogP contribution >= 0.6 is 34.8 Å². The monoisotopic (exact) mass is 595 g/mol. The van der Waals surface area contributed by atoms with Gasteiger partial charge >= 0.3 is 0 Å². The first kappa shape index (κ1) is 29.8. The average Bonchev–Trinajstić information content (AvgIpc) is 2.89. The van der Waals surface area contributed by atoms with Crippen LogP contribution in [0.5, 0.6) is 0 Å². The molecule has 0 spiro atoms. The maximum atomic E-state index is 13.9. The van der Waals surface area contributed by atoms with E-state index in [0.717, 1.165) is 4.31 Å². The highest BCUT2D eigenvalue weighted by atomic mass is 35.5. The molecule has 0 aromatic heterocycles. The lowest BCUT2D eigenvalue weighted by molar-refractivity contribution is -0.140. The third kappa shape index (κ3) is 6.99. The molecule has 0 fully saturated rings. The number of nitrogens with zero attached hydrogens (tertiary/aromatic N) is 2. The zero-order valence-corrected chi connectivity index (χ0v) is 24.0. The van der Waals surface area contributed by atoms with Crippen LogP contribution in [-0.4, -0.2) is 44.3 Å². The first-order valence-corrected chi connectivity index (χ1v) is 14.5. The Balaban J connectivity index is 2.09. The summed E-state index contributed by atoms with van der Waals surface area (Å²) >= 11 is 19.0. The van der Waals surface area contributed by atoms with Crippen LogP contribution < -0.4 is 9.62 Å². The predicted molar refractivity (Wildman–Crippen MR) is 152 cm³/mol. The molecule has 0 bridgehead atoms. The van der Waals surface area contributed by atoms with Gasteiger partial charge in [0.2, 0.25) is 11.8 Å². The summed E-state index contributed by atoms with van der Waals surface area (Å²) < 4.78 is 28.5. The smallest absolute Gasteiger partial charge is 0.264 e. The van der Waals surface area contributed by atoms with E-state index in [1.54, 1.807) is 68.4 Å². The van der Waals surface area contributed by atoms with E-state index < -0.39 is 28.5 Å². The van der Waals surface area contributed by atoms with Crippen molar-refractivity contribution in [1.29, 1.82) is 0 Å². The van der Waals surface area contributed by atoms with Gasteiger partial charge < -0.3 is 10.2 Å². The van der Waals surface area contributed by atoms with Crippen LogP contribution in [-0.2, 0) is 26.2 Å². The number of rotatable bonds is 11. The second kappa shape index (κ2) is 13.3. The molecule has 3 rings (SSSR count). The fraction of sp³-hybridized carbons (Fsp3) is 0.259. The number of nitrogens with one attached hydrogen (secondary N) is 1. The van der Waals surface area contributed by atoms with Crippen molar-refractivity contribution in [3.63, 3.8) is 0 Å². The number of halogens is 3. The Kier molecular flexibility index (Phi) is 10.4. The van der Waals surface area contributed by atoms with E-state index in [0.29, 0.717) is 27.2 Å². The number of hydrogen-bond donors (Lipinski definition) is 1.